The number of rotatable bonds is 9. The van der Waals surface area contributed by atoms with Crippen LogP contribution in [0.4, 0.5) is 0 Å². The molecule has 0 bridgehead atoms. The lowest BCUT2D eigenvalue weighted by molar-refractivity contribution is 0.141. The third-order valence-corrected chi connectivity index (χ3v) is 3.60. The van der Waals surface area contributed by atoms with Gasteiger partial charge in [-0.2, -0.15) is 0 Å². The summed E-state index contributed by atoms with van der Waals surface area (Å²) in [4.78, 5) is 2.44. The summed E-state index contributed by atoms with van der Waals surface area (Å²) < 4.78 is 0. The fourth-order valence-corrected chi connectivity index (χ4v) is 2.32. The first-order valence-electron chi connectivity index (χ1n) is 7.08. The standard InChI is InChI=1S/C15H27N/c1-3-5-6-7-8-9-10-12-15(4-2)16-13-11-14-16/h2,15H,3,5-14H2,1H3. The van der Waals surface area contributed by atoms with E-state index in [2.05, 4.69) is 17.7 Å². The van der Waals surface area contributed by atoms with Gasteiger partial charge in [0, 0.05) is 13.1 Å². The van der Waals surface area contributed by atoms with Crippen molar-refractivity contribution in [1.82, 2.24) is 4.90 Å². The van der Waals surface area contributed by atoms with Crippen LogP contribution in [-0.2, 0) is 0 Å². The van der Waals surface area contributed by atoms with E-state index in [1.165, 1.54) is 70.9 Å². The molecular weight excluding hydrogens is 194 g/mol. The monoisotopic (exact) mass is 221 g/mol. The van der Waals surface area contributed by atoms with Crippen LogP contribution >= 0.6 is 0 Å². The number of hydrogen-bond acceptors (Lipinski definition) is 1. The lowest BCUT2D eigenvalue weighted by atomic mass is 10.0. The van der Waals surface area contributed by atoms with Crippen LogP contribution in [-0.4, -0.2) is 24.0 Å². The molecule has 92 valence electrons. The van der Waals surface area contributed by atoms with Crippen molar-refractivity contribution in [2.45, 2.75) is 70.8 Å². The number of likely N-dealkylation sites (tertiary alicyclic amines) is 1. The minimum Gasteiger partial charge on any atom is -0.290 e. The third kappa shape index (κ3) is 5.03. The summed E-state index contributed by atoms with van der Waals surface area (Å²) >= 11 is 0. The first-order valence-corrected chi connectivity index (χ1v) is 7.08. The Labute approximate surface area is 102 Å². The Morgan fingerprint density at radius 2 is 1.69 bits per heavy atom. The second-order valence-corrected chi connectivity index (χ2v) is 4.98. The molecule has 0 saturated carbocycles. The van der Waals surface area contributed by atoms with Crippen LogP contribution in [0.2, 0.25) is 0 Å². The molecule has 0 radical (unpaired) electrons. The van der Waals surface area contributed by atoms with E-state index in [1.807, 2.05) is 0 Å². The second-order valence-electron chi connectivity index (χ2n) is 4.98. The molecule has 0 aliphatic carbocycles. The highest BCUT2D eigenvalue weighted by Crippen LogP contribution is 2.17. The minimum absolute atomic E-state index is 0.435. The van der Waals surface area contributed by atoms with Gasteiger partial charge in [-0.15, -0.1) is 6.42 Å². The summed E-state index contributed by atoms with van der Waals surface area (Å²) in [7, 11) is 0. The van der Waals surface area contributed by atoms with Crippen LogP contribution in [0.1, 0.15) is 64.7 Å². The van der Waals surface area contributed by atoms with Gasteiger partial charge in [-0.05, 0) is 12.8 Å². The van der Waals surface area contributed by atoms with Gasteiger partial charge < -0.3 is 0 Å². The van der Waals surface area contributed by atoms with E-state index in [1.54, 1.807) is 0 Å². The number of terminal acetylenes is 1. The Bertz CT molecular complexity index is 200. The fraction of sp³-hybridized carbons (Fsp3) is 0.867. The Hall–Kier alpha value is -0.480. The highest BCUT2D eigenvalue weighted by Gasteiger charge is 2.21. The molecule has 0 aromatic heterocycles. The molecule has 16 heavy (non-hydrogen) atoms. The largest absolute Gasteiger partial charge is 0.290 e. The normalized spacial score (nSPS) is 17.8. The Balaban J connectivity index is 1.91. The summed E-state index contributed by atoms with van der Waals surface area (Å²) in [6.07, 6.45) is 17.8. The highest BCUT2D eigenvalue weighted by molar-refractivity contribution is 5.01. The number of unbranched alkanes of at least 4 members (excludes halogenated alkanes) is 6. The number of hydrogen-bond donors (Lipinski definition) is 0. The van der Waals surface area contributed by atoms with Crippen LogP contribution < -0.4 is 0 Å². The van der Waals surface area contributed by atoms with Crippen molar-refractivity contribution in [3.05, 3.63) is 0 Å². The summed E-state index contributed by atoms with van der Waals surface area (Å²) in [6, 6.07) is 0.435. The molecule has 0 N–H and O–H groups in total. The second kappa shape index (κ2) is 8.65. The van der Waals surface area contributed by atoms with E-state index in [0.717, 1.165) is 0 Å². The molecule has 1 aliphatic rings. The predicted octanol–water partition coefficient (Wildman–Crippen LogP) is 3.83. The Morgan fingerprint density at radius 3 is 2.19 bits per heavy atom. The van der Waals surface area contributed by atoms with Gasteiger partial charge >= 0.3 is 0 Å². The highest BCUT2D eigenvalue weighted by atomic mass is 15.2. The van der Waals surface area contributed by atoms with E-state index < -0.39 is 0 Å². The van der Waals surface area contributed by atoms with Crippen LogP contribution in [0.25, 0.3) is 0 Å². The molecule has 1 atom stereocenters. The summed E-state index contributed by atoms with van der Waals surface area (Å²) in [5.41, 5.74) is 0. The molecule has 1 heterocycles. The maximum atomic E-state index is 5.57. The molecule has 0 spiro atoms. The van der Waals surface area contributed by atoms with E-state index >= 15 is 0 Å². The van der Waals surface area contributed by atoms with Crippen LogP contribution in [0, 0.1) is 12.3 Å². The smallest absolute Gasteiger partial charge is 0.0711 e. The zero-order valence-electron chi connectivity index (χ0n) is 10.9. The van der Waals surface area contributed by atoms with Crippen molar-refractivity contribution in [3.8, 4) is 12.3 Å². The van der Waals surface area contributed by atoms with Gasteiger partial charge in [-0.3, -0.25) is 4.90 Å². The lowest BCUT2D eigenvalue weighted by Gasteiger charge is -2.35. The maximum Gasteiger partial charge on any atom is 0.0711 e. The lowest BCUT2D eigenvalue weighted by Crippen LogP contribution is -2.44. The van der Waals surface area contributed by atoms with Crippen molar-refractivity contribution in [1.29, 1.82) is 0 Å². The van der Waals surface area contributed by atoms with Gasteiger partial charge in [0.1, 0.15) is 0 Å². The van der Waals surface area contributed by atoms with Crippen LogP contribution in [0.15, 0.2) is 0 Å². The van der Waals surface area contributed by atoms with Gasteiger partial charge in [0.05, 0.1) is 6.04 Å². The Kier molecular flexibility index (Phi) is 7.34. The summed E-state index contributed by atoms with van der Waals surface area (Å²) in [5.74, 6) is 2.94. The maximum absolute atomic E-state index is 5.57. The third-order valence-electron chi connectivity index (χ3n) is 3.60. The molecular formula is C15H27N. The topological polar surface area (TPSA) is 3.24 Å². The average molecular weight is 221 g/mol. The van der Waals surface area contributed by atoms with Crippen molar-refractivity contribution in [3.63, 3.8) is 0 Å². The molecule has 1 heteroatoms. The first-order chi connectivity index (χ1) is 7.88. The van der Waals surface area contributed by atoms with Crippen molar-refractivity contribution in [2.75, 3.05) is 13.1 Å². The van der Waals surface area contributed by atoms with Gasteiger partial charge in [-0.25, -0.2) is 0 Å². The SMILES string of the molecule is C#CC(CCCCCCCCC)N1CCC1. The van der Waals surface area contributed by atoms with Gasteiger partial charge in [-0.1, -0.05) is 57.8 Å². The quantitative estimate of drug-likeness (QED) is 0.422. The zero-order chi connectivity index (χ0) is 11.6. The van der Waals surface area contributed by atoms with E-state index in [9.17, 15) is 0 Å². The van der Waals surface area contributed by atoms with Gasteiger partial charge in [0.2, 0.25) is 0 Å². The zero-order valence-corrected chi connectivity index (χ0v) is 10.9. The molecule has 1 fully saturated rings. The first kappa shape index (κ1) is 13.6. The summed E-state index contributed by atoms with van der Waals surface area (Å²) in [5, 5.41) is 0. The van der Waals surface area contributed by atoms with Crippen molar-refractivity contribution in [2.24, 2.45) is 0 Å². The Morgan fingerprint density at radius 1 is 1.06 bits per heavy atom. The van der Waals surface area contributed by atoms with Gasteiger partial charge in [0.25, 0.3) is 0 Å². The van der Waals surface area contributed by atoms with Crippen LogP contribution in [0.3, 0.4) is 0 Å². The molecule has 0 aromatic rings. The minimum atomic E-state index is 0.435. The molecule has 1 aliphatic heterocycles. The van der Waals surface area contributed by atoms with E-state index in [0.29, 0.717) is 6.04 Å². The number of nitrogens with zero attached hydrogens (tertiary/aromatic N) is 1. The van der Waals surface area contributed by atoms with Crippen molar-refractivity contribution < 1.29 is 0 Å². The molecule has 1 saturated heterocycles. The fourth-order valence-electron chi connectivity index (χ4n) is 2.32. The molecule has 1 rings (SSSR count). The molecule has 1 unspecified atom stereocenters. The molecule has 0 amide bonds. The molecule has 1 nitrogen and oxygen atoms in total. The average Bonchev–Trinajstić information content (AvgIpc) is 2.23. The van der Waals surface area contributed by atoms with E-state index in [-0.39, 0.29) is 0 Å². The van der Waals surface area contributed by atoms with Crippen molar-refractivity contribution >= 4 is 0 Å². The van der Waals surface area contributed by atoms with Crippen LogP contribution in [0.5, 0.6) is 0 Å². The molecule has 0 aromatic carbocycles. The predicted molar refractivity (Wildman–Crippen MR) is 71.4 cm³/mol. The van der Waals surface area contributed by atoms with Gasteiger partial charge in [0.15, 0.2) is 0 Å². The van der Waals surface area contributed by atoms with E-state index in [4.69, 9.17) is 6.42 Å². The summed E-state index contributed by atoms with van der Waals surface area (Å²) in [6.45, 7) is 4.72.